The molecule has 6 aliphatic rings. The Morgan fingerprint density at radius 2 is 1.71 bits per heavy atom. The smallest absolute Gasteiger partial charge is 0.319 e. The molecular weight excluding hydrogens is 1090 g/mol. The highest BCUT2D eigenvalue weighted by Crippen LogP contribution is 2.54. The first-order chi connectivity index (χ1) is 40.7. The molecule has 4 aromatic carbocycles. The predicted octanol–water partition coefficient (Wildman–Crippen LogP) is 8.52. The van der Waals surface area contributed by atoms with E-state index < -0.39 is 36.2 Å². The second-order valence-electron chi connectivity index (χ2n) is 24.5. The molecule has 2 saturated carbocycles. The summed E-state index contributed by atoms with van der Waals surface area (Å²) in [6.07, 6.45) is 6.35. The number of ether oxygens (including phenoxy) is 3. The van der Waals surface area contributed by atoms with Gasteiger partial charge in [0.05, 0.1) is 52.2 Å². The molecule has 8 aromatic rings. The zero-order valence-electron chi connectivity index (χ0n) is 47.7. The van der Waals surface area contributed by atoms with Crippen molar-refractivity contribution in [3.63, 3.8) is 0 Å². The third-order valence-electron chi connectivity index (χ3n) is 18.4. The Morgan fingerprint density at radius 3 is 2.40 bits per heavy atom. The number of rotatable bonds is 17. The number of halogens is 1. The summed E-state index contributed by atoms with van der Waals surface area (Å²) in [5, 5.41) is 46.7. The lowest BCUT2D eigenvalue weighted by atomic mass is 9.88. The Hall–Kier alpha value is -7.43. The van der Waals surface area contributed by atoms with Crippen LogP contribution in [-0.2, 0) is 20.9 Å². The third kappa shape index (κ3) is 10.0. The van der Waals surface area contributed by atoms with E-state index in [-0.39, 0.29) is 55.3 Å². The third-order valence-corrected chi connectivity index (χ3v) is 19.4. The number of nitrogens with zero attached hydrogens (tertiary/aromatic N) is 9. The number of hydrogen-bond donors (Lipinski definition) is 5. The van der Waals surface area contributed by atoms with Gasteiger partial charge in [-0.2, -0.15) is 15.1 Å². The molecular formula is C63H69FN12O7S. The van der Waals surface area contributed by atoms with Crippen LogP contribution in [0.1, 0.15) is 105 Å². The van der Waals surface area contributed by atoms with E-state index in [9.17, 15) is 19.8 Å². The first-order valence-corrected chi connectivity index (χ1v) is 30.5. The highest BCUT2D eigenvalue weighted by molar-refractivity contribution is 7.13. The van der Waals surface area contributed by atoms with Gasteiger partial charge in [-0.1, -0.05) is 67.6 Å². The van der Waals surface area contributed by atoms with Crippen LogP contribution in [0.3, 0.4) is 0 Å². The highest BCUT2D eigenvalue weighted by atomic mass is 32.1. The second kappa shape index (κ2) is 21.9. The van der Waals surface area contributed by atoms with Crippen LogP contribution in [0.4, 0.5) is 10.2 Å². The molecule has 4 saturated heterocycles. The fourth-order valence-electron chi connectivity index (χ4n) is 13.9. The quantitative estimate of drug-likeness (QED) is 0.0575. The molecule has 0 radical (unpaired) electrons. The molecule has 9 atom stereocenters. The number of carbonyl (C=O) groups is 2. The van der Waals surface area contributed by atoms with Crippen LogP contribution in [0.2, 0.25) is 0 Å². The number of aliphatic hydroxyl groups excluding tert-OH is 2. The number of aromatic amines is 1. The van der Waals surface area contributed by atoms with E-state index in [0.717, 1.165) is 119 Å². The monoisotopic (exact) mass is 1160 g/mol. The number of piperazine rings is 1. The molecule has 4 aliphatic heterocycles. The minimum atomic E-state index is -0.989. The molecule has 4 aromatic heterocycles. The molecule has 21 heteroatoms. The summed E-state index contributed by atoms with van der Waals surface area (Å²) in [7, 11) is 0. The van der Waals surface area contributed by atoms with Crippen LogP contribution in [0, 0.1) is 37.4 Å². The molecule has 5 N–H and O–H groups in total. The van der Waals surface area contributed by atoms with E-state index in [0.29, 0.717) is 57.5 Å². The number of thiazole rings is 1. The van der Waals surface area contributed by atoms with Crippen molar-refractivity contribution in [1.82, 2.24) is 55.7 Å². The number of likely N-dealkylation sites (tertiary alicyclic amines) is 1. The van der Waals surface area contributed by atoms with E-state index in [4.69, 9.17) is 24.2 Å². The SMILES string of the molecule is Cc1ncsc1-c1ccc([C@@H](NC(=O)[C@@H]2C[C@@H](O)CN2C(=O)[C@H](C(C)C)n2cc(-c3ccc(COc4c(-c5c(C)c(F)cc6[nH]ncc56)c(C5CC5)cc5c(N6C[C@@H]7C[C@H]6CN7)nc(OC6CC7COCC7C6)nc45)cc3)nn2)[C@H](C)O)cc1. The Bertz CT molecular complexity index is 3800. The molecule has 2 unspecified atom stereocenters. The van der Waals surface area contributed by atoms with Crippen molar-refractivity contribution < 1.29 is 38.4 Å². The van der Waals surface area contributed by atoms with Crippen molar-refractivity contribution in [3.05, 3.63) is 112 Å². The summed E-state index contributed by atoms with van der Waals surface area (Å²) in [6, 6.07) is 17.5. The summed E-state index contributed by atoms with van der Waals surface area (Å²) in [5.41, 5.74) is 10.8. The Morgan fingerprint density at radius 1 is 0.940 bits per heavy atom. The van der Waals surface area contributed by atoms with Gasteiger partial charge >= 0.3 is 6.01 Å². The first-order valence-electron chi connectivity index (χ1n) is 29.6. The van der Waals surface area contributed by atoms with Gasteiger partial charge < -0.3 is 44.9 Å². The normalized spacial score (nSPS) is 23.9. The molecule has 2 amide bonds. The number of hydrogen-bond acceptors (Lipinski definition) is 16. The van der Waals surface area contributed by atoms with Crippen molar-refractivity contribution in [1.29, 1.82) is 0 Å². The zero-order chi connectivity index (χ0) is 57.7. The number of carbonyl (C=O) groups excluding carboxylic acids is 2. The van der Waals surface area contributed by atoms with E-state index >= 15 is 4.39 Å². The van der Waals surface area contributed by atoms with E-state index in [2.05, 4.69) is 47.1 Å². The topological polar surface area (TPSA) is 231 Å². The van der Waals surface area contributed by atoms with Crippen LogP contribution in [0.15, 0.2) is 78.6 Å². The Labute approximate surface area is 489 Å². The summed E-state index contributed by atoms with van der Waals surface area (Å²) >= 11 is 1.54. The van der Waals surface area contributed by atoms with Crippen molar-refractivity contribution in [2.75, 3.05) is 37.7 Å². The maximum absolute atomic E-state index is 16.2. The summed E-state index contributed by atoms with van der Waals surface area (Å²) in [6.45, 7) is 12.5. The van der Waals surface area contributed by atoms with Crippen LogP contribution in [0.5, 0.6) is 11.8 Å². The average molecular weight is 1160 g/mol. The van der Waals surface area contributed by atoms with Crippen LogP contribution in [0.25, 0.3) is 54.6 Å². The van der Waals surface area contributed by atoms with Gasteiger partial charge in [-0.05, 0) is 116 Å². The number of fused-ring (bicyclic) bond motifs is 5. The van der Waals surface area contributed by atoms with Gasteiger partial charge in [-0.3, -0.25) is 14.7 Å². The number of H-pyrrole nitrogens is 1. The average Bonchev–Trinajstić information content (AvgIpc) is 1.91. The maximum atomic E-state index is 16.2. The van der Waals surface area contributed by atoms with Crippen molar-refractivity contribution in [3.8, 4) is 44.6 Å². The van der Waals surface area contributed by atoms with Gasteiger partial charge in [0.25, 0.3) is 0 Å². The summed E-state index contributed by atoms with van der Waals surface area (Å²) in [5.74, 6) is 1.02. The van der Waals surface area contributed by atoms with Gasteiger partial charge in [-0.15, -0.1) is 16.4 Å². The van der Waals surface area contributed by atoms with Crippen LogP contribution >= 0.6 is 11.3 Å². The van der Waals surface area contributed by atoms with Crippen LogP contribution < -0.4 is 25.0 Å². The van der Waals surface area contributed by atoms with Crippen molar-refractivity contribution >= 4 is 50.8 Å². The molecule has 8 heterocycles. The largest absolute Gasteiger partial charge is 0.486 e. The zero-order valence-corrected chi connectivity index (χ0v) is 48.5. The van der Waals surface area contributed by atoms with Gasteiger partial charge in [0.2, 0.25) is 11.8 Å². The number of benzene rings is 4. The molecule has 6 fully saturated rings. The number of β-amino-alcohol motifs (C(OH)–C–C–N with tert-alkyl or cyclic N) is 1. The highest BCUT2D eigenvalue weighted by Gasteiger charge is 2.45. The molecule has 2 bridgehead atoms. The second-order valence-corrected chi connectivity index (χ2v) is 25.4. The lowest BCUT2D eigenvalue weighted by molar-refractivity contribution is -0.143. The lowest BCUT2D eigenvalue weighted by Crippen LogP contribution is -2.50. The predicted molar refractivity (Wildman–Crippen MR) is 315 cm³/mol. The van der Waals surface area contributed by atoms with E-state index in [1.807, 2.05) is 76.2 Å². The van der Waals surface area contributed by atoms with Crippen molar-refractivity contribution in [2.45, 2.75) is 134 Å². The van der Waals surface area contributed by atoms with E-state index in [1.54, 1.807) is 40.8 Å². The minimum absolute atomic E-state index is 0.0390. The lowest BCUT2D eigenvalue weighted by Gasteiger charge is -2.31. The molecule has 436 valence electrons. The van der Waals surface area contributed by atoms with Gasteiger partial charge in [0.15, 0.2) is 5.75 Å². The van der Waals surface area contributed by atoms with Gasteiger partial charge in [0, 0.05) is 78.8 Å². The summed E-state index contributed by atoms with van der Waals surface area (Å²) in [4.78, 5) is 48.7. The standard InChI is InChI=1S/C63H69FN12O7S/c1-31(2)57(62(80)75-25-44(78)19-52(75)61(79)68-55(34(5)77)38-12-14-39(15-13-38)59-33(4)66-30-84-59)76-26-51(72-73-76)37-8-6-35(7-9-37)27-82-58-54(53-32(3)49(64)21-50-48(53)23-67-71-50)46(36-10-11-36)20-47-56(58)69-63(83-45-16-40-28-81-29-41(40)17-45)70-60(47)74-24-42-18-43(74)22-65-42/h6-9,12-15,20-21,23,26,30-31,34,36,40-45,52,55,57,65,77-78H,10-11,16-19,22,24-25,27-29H2,1-5H3,(H,67,71)(H,68,79)/t34-,40?,41?,42-,43-,44+,45?,52-,55-,57-/m0/s1. The number of amides is 2. The maximum Gasteiger partial charge on any atom is 0.319 e. The van der Waals surface area contributed by atoms with Gasteiger partial charge in [0.1, 0.15) is 47.6 Å². The molecule has 0 spiro atoms. The number of anilines is 1. The molecule has 19 nitrogen and oxygen atoms in total. The Kier molecular flexibility index (Phi) is 14.2. The Balaban J connectivity index is 0.751. The van der Waals surface area contributed by atoms with Gasteiger partial charge in [-0.25, -0.2) is 14.1 Å². The fourth-order valence-corrected chi connectivity index (χ4v) is 14.7. The molecule has 2 aliphatic carbocycles. The summed E-state index contributed by atoms with van der Waals surface area (Å²) < 4.78 is 37.6. The number of aliphatic hydroxyl groups is 2. The fraction of sp³-hybridized carbons (Fsp3) is 0.460. The minimum Gasteiger partial charge on any atom is -0.486 e. The molecule has 14 rings (SSSR count). The number of aryl methyl sites for hydroxylation is 1. The van der Waals surface area contributed by atoms with Crippen LogP contribution in [-0.4, -0.2) is 136 Å². The molecule has 84 heavy (non-hydrogen) atoms. The number of nitrogens with one attached hydrogen (secondary N) is 3. The van der Waals surface area contributed by atoms with Crippen molar-refractivity contribution in [2.24, 2.45) is 17.8 Å². The number of aromatic nitrogens is 8. The van der Waals surface area contributed by atoms with E-state index in [1.165, 1.54) is 11.0 Å². The first kappa shape index (κ1) is 54.5.